The largest absolute Gasteiger partial charge is 0.477 e. The Morgan fingerprint density at radius 2 is 2.17 bits per heavy atom. The summed E-state index contributed by atoms with van der Waals surface area (Å²) in [6, 6.07) is 2.43. The maximum absolute atomic E-state index is 12.5. The number of urea groups is 1. The van der Waals surface area contributed by atoms with Crippen LogP contribution in [0.2, 0.25) is 0 Å². The summed E-state index contributed by atoms with van der Waals surface area (Å²) in [5.41, 5.74) is 1.42. The fourth-order valence-electron chi connectivity index (χ4n) is 4.93. The van der Waals surface area contributed by atoms with Crippen LogP contribution < -0.4 is 10.6 Å². The number of carbonyl (C=O) groups is 3. The Labute approximate surface area is 167 Å². The number of β-lactam (4-membered cyclic amide) rings is 1. The van der Waals surface area contributed by atoms with E-state index in [1.54, 1.807) is 25.4 Å². The molecule has 3 amide bonds. The summed E-state index contributed by atoms with van der Waals surface area (Å²) in [7, 11) is 0. The number of carbonyl (C=O) groups excluding carboxylic acids is 2. The highest BCUT2D eigenvalue weighted by atomic mass is 16.4. The van der Waals surface area contributed by atoms with E-state index in [-0.39, 0.29) is 23.6 Å². The van der Waals surface area contributed by atoms with Gasteiger partial charge in [-0.15, -0.1) is 0 Å². The molecule has 4 N–H and O–H groups in total. The van der Waals surface area contributed by atoms with Crippen LogP contribution in [0.25, 0.3) is 0 Å². The van der Waals surface area contributed by atoms with Crippen molar-refractivity contribution < 1.29 is 24.6 Å². The highest BCUT2D eigenvalue weighted by Crippen LogP contribution is 2.52. The zero-order chi connectivity index (χ0) is 20.7. The van der Waals surface area contributed by atoms with Gasteiger partial charge in [0.05, 0.1) is 24.1 Å². The number of carboxylic acid groups (broad SMARTS) is 1. The van der Waals surface area contributed by atoms with Crippen LogP contribution in [0.1, 0.15) is 31.7 Å². The van der Waals surface area contributed by atoms with E-state index in [2.05, 4.69) is 15.6 Å². The van der Waals surface area contributed by atoms with Gasteiger partial charge in [-0.3, -0.25) is 9.78 Å². The molecule has 2 aliphatic heterocycles. The van der Waals surface area contributed by atoms with Crippen LogP contribution in [0.4, 0.5) is 4.79 Å². The Morgan fingerprint density at radius 3 is 2.83 bits per heavy atom. The number of aromatic nitrogens is 1. The van der Waals surface area contributed by atoms with Crippen molar-refractivity contribution in [1.29, 1.82) is 0 Å². The number of aliphatic hydroxyl groups is 1. The van der Waals surface area contributed by atoms with Crippen molar-refractivity contribution in [1.82, 2.24) is 20.5 Å². The average molecular weight is 400 g/mol. The SMILES string of the molecule is C[C@@H](O)[C@H]1C(=O)N2C(C(=O)O)=C3[C@@H](NC(=O)NCc4cccnc4)CCC[C@@H]3[C@H]12. The van der Waals surface area contributed by atoms with Crippen LogP contribution in [-0.4, -0.2) is 56.2 Å². The molecule has 9 heteroatoms. The normalized spacial score (nSPS) is 28.9. The standard InChI is InChI=1S/C20H24N4O5/c1-10(25)14-16-12-5-2-6-13(15(12)17(19(27)28)24(16)18(14)26)23-20(29)22-9-11-4-3-7-21-8-11/h3-4,7-8,10,12-14,16,25H,2,5-6,9H2,1H3,(H,27,28)(H2,22,23,29)/t10-,12+,13+,14-,16-/m1/s1. The third-order valence-electron chi connectivity index (χ3n) is 6.10. The molecule has 3 heterocycles. The number of amides is 3. The molecular formula is C20H24N4O5. The molecule has 1 aromatic rings. The number of fused-ring (bicyclic) bond motifs is 3. The van der Waals surface area contributed by atoms with Gasteiger partial charge in [0.25, 0.3) is 0 Å². The van der Waals surface area contributed by atoms with E-state index in [1.165, 1.54) is 4.90 Å². The zero-order valence-corrected chi connectivity index (χ0v) is 16.0. The summed E-state index contributed by atoms with van der Waals surface area (Å²) in [6.07, 6.45) is 4.62. The molecule has 0 radical (unpaired) electrons. The molecule has 1 aliphatic carbocycles. The molecule has 29 heavy (non-hydrogen) atoms. The number of carboxylic acids is 1. The molecule has 9 nitrogen and oxygen atoms in total. The molecule has 3 aliphatic rings. The molecule has 0 bridgehead atoms. The van der Waals surface area contributed by atoms with Crippen LogP contribution in [0.3, 0.4) is 0 Å². The molecule has 1 aromatic heterocycles. The van der Waals surface area contributed by atoms with E-state index in [1.807, 2.05) is 6.07 Å². The van der Waals surface area contributed by atoms with E-state index in [4.69, 9.17) is 0 Å². The molecule has 154 valence electrons. The van der Waals surface area contributed by atoms with Crippen molar-refractivity contribution in [2.24, 2.45) is 11.8 Å². The lowest BCUT2D eigenvalue weighted by molar-refractivity contribution is -0.163. The van der Waals surface area contributed by atoms with Gasteiger partial charge in [-0.25, -0.2) is 9.59 Å². The van der Waals surface area contributed by atoms with Crippen LogP contribution in [0, 0.1) is 11.8 Å². The number of aliphatic carboxylic acids is 1. The summed E-state index contributed by atoms with van der Waals surface area (Å²) in [6.45, 7) is 1.86. The lowest BCUT2D eigenvalue weighted by atomic mass is 9.71. The number of aliphatic hydroxyl groups excluding tert-OH is 1. The number of rotatable bonds is 5. The van der Waals surface area contributed by atoms with Gasteiger partial charge in [-0.2, -0.15) is 0 Å². The van der Waals surface area contributed by atoms with Crippen molar-refractivity contribution in [3.05, 3.63) is 41.4 Å². The van der Waals surface area contributed by atoms with E-state index < -0.39 is 30.1 Å². The van der Waals surface area contributed by atoms with Crippen molar-refractivity contribution in [3.63, 3.8) is 0 Å². The van der Waals surface area contributed by atoms with Crippen LogP contribution in [0.5, 0.6) is 0 Å². The second-order valence-corrected chi connectivity index (χ2v) is 7.85. The first-order valence-electron chi connectivity index (χ1n) is 9.82. The van der Waals surface area contributed by atoms with Gasteiger partial charge in [0.1, 0.15) is 5.70 Å². The quantitative estimate of drug-likeness (QED) is 0.536. The van der Waals surface area contributed by atoms with Crippen molar-refractivity contribution in [2.45, 2.75) is 50.9 Å². The van der Waals surface area contributed by atoms with Gasteiger partial charge in [-0.05, 0) is 37.0 Å². The lowest BCUT2D eigenvalue weighted by Gasteiger charge is -2.47. The maximum Gasteiger partial charge on any atom is 0.352 e. The van der Waals surface area contributed by atoms with Gasteiger partial charge in [0.15, 0.2) is 0 Å². The molecule has 5 atom stereocenters. The number of hydrogen-bond acceptors (Lipinski definition) is 5. The lowest BCUT2D eigenvalue weighted by Crippen LogP contribution is -2.64. The Balaban J connectivity index is 1.52. The number of pyridine rings is 1. The van der Waals surface area contributed by atoms with Crippen LogP contribution >= 0.6 is 0 Å². The second kappa shape index (κ2) is 7.47. The molecule has 0 spiro atoms. The summed E-state index contributed by atoms with van der Waals surface area (Å²) in [5.74, 6) is -2.28. The Hall–Kier alpha value is -2.94. The predicted octanol–water partition coefficient (Wildman–Crippen LogP) is 0.610. The van der Waals surface area contributed by atoms with Gasteiger partial charge in [-0.1, -0.05) is 12.5 Å². The third-order valence-corrected chi connectivity index (χ3v) is 6.10. The molecule has 1 saturated heterocycles. The highest BCUT2D eigenvalue weighted by molar-refractivity contribution is 6.00. The van der Waals surface area contributed by atoms with Gasteiger partial charge >= 0.3 is 12.0 Å². The molecular weight excluding hydrogens is 376 g/mol. The summed E-state index contributed by atoms with van der Waals surface area (Å²) >= 11 is 0. The van der Waals surface area contributed by atoms with Gasteiger partial charge < -0.3 is 25.7 Å². The molecule has 4 rings (SSSR count). The van der Waals surface area contributed by atoms with E-state index >= 15 is 0 Å². The average Bonchev–Trinajstić information content (AvgIpc) is 2.98. The smallest absolute Gasteiger partial charge is 0.352 e. The van der Waals surface area contributed by atoms with Gasteiger partial charge in [0, 0.05) is 24.9 Å². The highest BCUT2D eigenvalue weighted by Gasteiger charge is 2.62. The van der Waals surface area contributed by atoms with E-state index in [0.29, 0.717) is 18.5 Å². The fraction of sp³-hybridized carbons (Fsp3) is 0.500. The Morgan fingerprint density at radius 1 is 1.38 bits per heavy atom. The molecule has 0 aromatic carbocycles. The van der Waals surface area contributed by atoms with Crippen LogP contribution in [0.15, 0.2) is 35.8 Å². The first kappa shape index (κ1) is 19.4. The Kier molecular flexibility index (Phi) is 4.99. The molecule has 0 unspecified atom stereocenters. The van der Waals surface area contributed by atoms with E-state index in [9.17, 15) is 24.6 Å². The topological polar surface area (TPSA) is 132 Å². The van der Waals surface area contributed by atoms with Crippen molar-refractivity contribution in [2.75, 3.05) is 0 Å². The minimum atomic E-state index is -1.17. The van der Waals surface area contributed by atoms with Gasteiger partial charge in [0.2, 0.25) is 5.91 Å². The summed E-state index contributed by atoms with van der Waals surface area (Å²) in [5, 5.41) is 25.4. The monoisotopic (exact) mass is 400 g/mol. The second-order valence-electron chi connectivity index (χ2n) is 7.85. The Bertz CT molecular complexity index is 869. The summed E-state index contributed by atoms with van der Waals surface area (Å²) < 4.78 is 0. The number of nitrogens with zero attached hydrogens (tertiary/aromatic N) is 2. The fourth-order valence-corrected chi connectivity index (χ4v) is 4.93. The molecule has 2 fully saturated rings. The minimum absolute atomic E-state index is 0.0286. The van der Waals surface area contributed by atoms with Crippen molar-refractivity contribution >= 4 is 17.9 Å². The zero-order valence-electron chi connectivity index (χ0n) is 16.0. The van der Waals surface area contributed by atoms with E-state index in [0.717, 1.165) is 18.4 Å². The number of hydrogen-bond donors (Lipinski definition) is 4. The number of nitrogens with one attached hydrogen (secondary N) is 2. The third kappa shape index (κ3) is 3.25. The maximum atomic E-state index is 12.5. The first-order chi connectivity index (χ1) is 13.9. The van der Waals surface area contributed by atoms with Crippen LogP contribution in [-0.2, 0) is 16.1 Å². The summed E-state index contributed by atoms with van der Waals surface area (Å²) in [4.78, 5) is 42.2. The minimum Gasteiger partial charge on any atom is -0.477 e. The van der Waals surface area contributed by atoms with Crippen molar-refractivity contribution in [3.8, 4) is 0 Å². The molecule has 1 saturated carbocycles. The predicted molar refractivity (Wildman–Crippen MR) is 101 cm³/mol. The first-order valence-corrected chi connectivity index (χ1v) is 9.82.